The number of rotatable bonds is 15. The summed E-state index contributed by atoms with van der Waals surface area (Å²) in [7, 11) is 0. The molecule has 3 atom stereocenters. The molecule has 0 aliphatic carbocycles. The highest BCUT2D eigenvalue weighted by atomic mass is 32.2. The Labute approximate surface area is 191 Å². The van der Waals surface area contributed by atoms with Gasteiger partial charge in [-0.3, -0.25) is 9.59 Å². The molecule has 0 spiro atoms. The third-order valence-electron chi connectivity index (χ3n) is 5.12. The van der Waals surface area contributed by atoms with Crippen LogP contribution < -0.4 is 5.32 Å². The second kappa shape index (κ2) is 15.7. The van der Waals surface area contributed by atoms with Crippen LogP contribution in [-0.2, 0) is 14.4 Å². The molecule has 6 nitrogen and oxygen atoms in total. The number of carboxylic acid groups (broad SMARTS) is 2. The topological polar surface area (TPSA) is 104 Å². The van der Waals surface area contributed by atoms with E-state index in [0.29, 0.717) is 5.75 Å². The Kier molecular flexibility index (Phi) is 14.7. The van der Waals surface area contributed by atoms with Crippen LogP contribution in [-0.4, -0.2) is 45.6 Å². The largest absolute Gasteiger partial charge is 0.481 e. The minimum absolute atomic E-state index is 0.225. The van der Waals surface area contributed by atoms with Crippen LogP contribution in [0.2, 0.25) is 0 Å². The minimum Gasteiger partial charge on any atom is -0.481 e. The molecule has 0 aliphatic heterocycles. The van der Waals surface area contributed by atoms with E-state index < -0.39 is 35.7 Å². The number of hydrogen-bond acceptors (Lipinski definition) is 4. The van der Waals surface area contributed by atoms with Crippen molar-refractivity contribution in [2.75, 3.05) is 11.5 Å². The Bertz CT molecular complexity index is 692. The van der Waals surface area contributed by atoms with Gasteiger partial charge in [-0.2, -0.15) is 11.8 Å². The average molecular weight is 454 g/mol. The first kappa shape index (κ1) is 29.0. The average Bonchev–Trinajstić information content (AvgIpc) is 2.68. The summed E-state index contributed by atoms with van der Waals surface area (Å²) in [5, 5.41) is 20.8. The third kappa shape index (κ3) is 13.8. The van der Waals surface area contributed by atoms with Gasteiger partial charge in [0.15, 0.2) is 0 Å². The molecule has 0 unspecified atom stereocenters. The lowest BCUT2D eigenvalue weighted by molar-refractivity contribution is -0.147. The molecule has 0 aliphatic rings. The van der Waals surface area contributed by atoms with Crippen molar-refractivity contribution >= 4 is 29.6 Å². The summed E-state index contributed by atoms with van der Waals surface area (Å²) in [6.07, 6.45) is 10.7. The Morgan fingerprint density at radius 2 is 1.39 bits per heavy atom. The van der Waals surface area contributed by atoms with Crippen LogP contribution in [0.25, 0.3) is 0 Å². The smallest absolute Gasteiger partial charge is 0.327 e. The molecule has 31 heavy (non-hydrogen) atoms. The number of hydrogen-bond donors (Lipinski definition) is 3. The van der Waals surface area contributed by atoms with Crippen molar-refractivity contribution in [3.05, 3.63) is 34.9 Å². The molecule has 0 aromatic rings. The summed E-state index contributed by atoms with van der Waals surface area (Å²) in [6, 6.07) is -1.04. The molecule has 0 bridgehead atoms. The Morgan fingerprint density at radius 1 is 0.839 bits per heavy atom. The lowest BCUT2D eigenvalue weighted by atomic mass is 9.95. The normalized spacial score (nSPS) is 15.0. The van der Waals surface area contributed by atoms with Gasteiger partial charge in [0.25, 0.3) is 0 Å². The zero-order chi connectivity index (χ0) is 24.0. The minimum atomic E-state index is -1.12. The molecule has 0 radical (unpaired) electrons. The first-order valence-electron chi connectivity index (χ1n) is 10.7. The fraction of sp³-hybridized carbons (Fsp3) is 0.625. The summed E-state index contributed by atoms with van der Waals surface area (Å²) in [5.41, 5.74) is 3.99. The van der Waals surface area contributed by atoms with Crippen LogP contribution in [0.3, 0.4) is 0 Å². The van der Waals surface area contributed by atoms with Crippen molar-refractivity contribution in [3.8, 4) is 0 Å². The Hall–Kier alpha value is -2.02. The molecule has 3 N–H and O–H groups in total. The van der Waals surface area contributed by atoms with Gasteiger partial charge < -0.3 is 15.5 Å². The van der Waals surface area contributed by atoms with Gasteiger partial charge in [0, 0.05) is 17.4 Å². The number of nitrogens with one attached hydrogen (secondary N) is 1. The number of aliphatic carboxylic acids is 2. The van der Waals surface area contributed by atoms with Crippen molar-refractivity contribution in [1.29, 1.82) is 0 Å². The van der Waals surface area contributed by atoms with Crippen molar-refractivity contribution in [2.45, 2.75) is 73.3 Å². The maximum Gasteiger partial charge on any atom is 0.327 e. The molecule has 0 rings (SSSR count). The van der Waals surface area contributed by atoms with Crippen LogP contribution in [0.4, 0.5) is 0 Å². The lowest BCUT2D eigenvalue weighted by Crippen LogP contribution is -2.46. The summed E-state index contributed by atoms with van der Waals surface area (Å²) >= 11 is 1.43. The van der Waals surface area contributed by atoms with E-state index in [1.54, 1.807) is 0 Å². The Morgan fingerprint density at radius 3 is 1.90 bits per heavy atom. The van der Waals surface area contributed by atoms with Gasteiger partial charge in [-0.1, -0.05) is 48.8 Å². The van der Waals surface area contributed by atoms with E-state index in [9.17, 15) is 19.5 Å². The van der Waals surface area contributed by atoms with Crippen molar-refractivity contribution in [3.63, 3.8) is 0 Å². The van der Waals surface area contributed by atoms with Crippen LogP contribution >= 0.6 is 11.8 Å². The fourth-order valence-corrected chi connectivity index (χ4v) is 3.64. The van der Waals surface area contributed by atoms with Gasteiger partial charge in [0.05, 0.1) is 5.92 Å². The molecule has 176 valence electrons. The number of carbonyl (C=O) groups excluding carboxylic acids is 1. The fourth-order valence-electron chi connectivity index (χ4n) is 2.64. The van der Waals surface area contributed by atoms with E-state index in [1.165, 1.54) is 42.3 Å². The summed E-state index contributed by atoms with van der Waals surface area (Å²) < 4.78 is 0. The van der Waals surface area contributed by atoms with E-state index >= 15 is 0 Å². The third-order valence-corrected chi connectivity index (χ3v) is 6.10. The molecule has 0 aromatic carbocycles. The lowest BCUT2D eigenvalue weighted by Gasteiger charge is -2.19. The zero-order valence-electron chi connectivity index (χ0n) is 19.7. The van der Waals surface area contributed by atoms with E-state index in [1.807, 2.05) is 0 Å². The number of carbonyl (C=O) groups is 3. The quantitative estimate of drug-likeness (QED) is 0.236. The highest BCUT2D eigenvalue weighted by Crippen LogP contribution is 2.14. The number of allylic oxidation sites excluding steroid dienone is 5. The van der Waals surface area contributed by atoms with Gasteiger partial charge in [0.1, 0.15) is 6.04 Å². The summed E-state index contributed by atoms with van der Waals surface area (Å²) in [5.74, 6) is -3.55. The predicted molar refractivity (Wildman–Crippen MR) is 128 cm³/mol. The van der Waals surface area contributed by atoms with E-state index in [0.717, 1.165) is 25.7 Å². The van der Waals surface area contributed by atoms with Crippen LogP contribution in [0.15, 0.2) is 34.9 Å². The Balaban J connectivity index is 4.41. The van der Waals surface area contributed by atoms with Gasteiger partial charge in [-0.25, -0.2) is 4.79 Å². The van der Waals surface area contributed by atoms with Crippen molar-refractivity contribution in [2.24, 2.45) is 11.8 Å². The van der Waals surface area contributed by atoms with Crippen LogP contribution in [0, 0.1) is 11.8 Å². The monoisotopic (exact) mass is 453 g/mol. The van der Waals surface area contributed by atoms with Crippen LogP contribution in [0.1, 0.15) is 67.2 Å². The maximum absolute atomic E-state index is 12.1. The molecule has 0 saturated carbocycles. The molecule has 0 saturated heterocycles. The van der Waals surface area contributed by atoms with Crippen molar-refractivity contribution in [1.82, 2.24) is 5.32 Å². The SMILES string of the molecule is CC(C)=CCCC(C)=CCCC(C)=CCSC[C@H](NC(=O)[C@H](C)[C@H](C)C(=O)O)C(=O)O. The number of thioether (sulfide) groups is 1. The zero-order valence-corrected chi connectivity index (χ0v) is 20.6. The molecular formula is C24H39NO5S. The van der Waals surface area contributed by atoms with Crippen molar-refractivity contribution < 1.29 is 24.6 Å². The number of amides is 1. The predicted octanol–water partition coefficient (Wildman–Crippen LogP) is 5.07. The summed E-state index contributed by atoms with van der Waals surface area (Å²) in [4.78, 5) is 34.6. The van der Waals surface area contributed by atoms with E-state index in [-0.39, 0.29) is 5.75 Å². The van der Waals surface area contributed by atoms with Gasteiger partial charge in [-0.15, -0.1) is 0 Å². The van der Waals surface area contributed by atoms with Gasteiger partial charge in [-0.05, 0) is 53.4 Å². The first-order chi connectivity index (χ1) is 14.5. The molecule has 0 heterocycles. The van der Waals surface area contributed by atoms with Gasteiger partial charge in [0.2, 0.25) is 5.91 Å². The van der Waals surface area contributed by atoms with E-state index in [2.05, 4.69) is 51.2 Å². The molecule has 1 amide bonds. The highest BCUT2D eigenvalue weighted by molar-refractivity contribution is 7.99. The number of carboxylic acids is 2. The highest BCUT2D eigenvalue weighted by Gasteiger charge is 2.29. The molecular weight excluding hydrogens is 414 g/mol. The van der Waals surface area contributed by atoms with E-state index in [4.69, 9.17) is 5.11 Å². The van der Waals surface area contributed by atoms with Gasteiger partial charge >= 0.3 is 11.9 Å². The molecule has 7 heteroatoms. The first-order valence-corrected chi connectivity index (χ1v) is 11.9. The second-order valence-corrected chi connectivity index (χ2v) is 9.39. The standard InChI is InChI=1S/C24H39NO5S/c1-16(2)9-7-10-17(3)11-8-12-18(4)13-14-31-15-21(24(29)30)25-22(26)19(5)20(6)23(27)28/h9,11,13,19-21H,7-8,10,12,14-15H2,1-6H3,(H,25,26)(H,27,28)(H,29,30)/t19-,20+,21+/m1/s1. The second-order valence-electron chi connectivity index (χ2n) is 8.31. The summed E-state index contributed by atoms with van der Waals surface area (Å²) in [6.45, 7) is 11.4. The van der Waals surface area contributed by atoms with Crippen LogP contribution in [0.5, 0.6) is 0 Å². The molecule has 0 fully saturated rings. The maximum atomic E-state index is 12.1. The molecule has 0 aromatic heterocycles.